The van der Waals surface area contributed by atoms with Crippen molar-refractivity contribution in [2.45, 2.75) is 57.6 Å². The van der Waals surface area contributed by atoms with E-state index in [1.165, 1.54) is 30.3 Å². The van der Waals surface area contributed by atoms with Gasteiger partial charge in [0, 0.05) is 31.4 Å². The van der Waals surface area contributed by atoms with Crippen LogP contribution < -0.4 is 20.3 Å². The van der Waals surface area contributed by atoms with Crippen LogP contribution in [0.1, 0.15) is 53.8 Å². The number of amides is 4. The molecule has 3 aromatic rings. The second kappa shape index (κ2) is 10.3. The quantitative estimate of drug-likeness (QED) is 0.424. The van der Waals surface area contributed by atoms with E-state index in [4.69, 9.17) is 4.74 Å². The molecular formula is C28H30N6O4S. The molecule has 2 N–H and O–H groups in total. The molecule has 0 unspecified atom stereocenters. The molecule has 0 spiro atoms. The van der Waals surface area contributed by atoms with Crippen LogP contribution >= 0.6 is 11.3 Å². The number of thiophene rings is 1. The predicted molar refractivity (Wildman–Crippen MR) is 150 cm³/mol. The Morgan fingerprint density at radius 2 is 2.03 bits per heavy atom. The smallest absolute Gasteiger partial charge is 0.331 e. The highest BCUT2D eigenvalue weighted by Crippen LogP contribution is 2.46. The van der Waals surface area contributed by atoms with Crippen LogP contribution in [0.5, 0.6) is 5.88 Å². The maximum Gasteiger partial charge on any atom is 0.331 e. The van der Waals surface area contributed by atoms with Gasteiger partial charge in [-0.05, 0) is 63.2 Å². The molecule has 3 aliphatic rings. The number of aryl methyl sites for hydroxylation is 1. The van der Waals surface area contributed by atoms with E-state index in [2.05, 4.69) is 27.2 Å². The van der Waals surface area contributed by atoms with Gasteiger partial charge in [0.25, 0.3) is 5.91 Å². The number of rotatable bonds is 6. The molecular weight excluding hydrogens is 516 g/mol. The first-order chi connectivity index (χ1) is 18.9. The van der Waals surface area contributed by atoms with Gasteiger partial charge in [-0.3, -0.25) is 14.5 Å². The highest BCUT2D eigenvalue weighted by molar-refractivity contribution is 7.21. The zero-order valence-electron chi connectivity index (χ0n) is 21.7. The molecule has 6 rings (SSSR count). The van der Waals surface area contributed by atoms with Gasteiger partial charge in [0.1, 0.15) is 15.8 Å². The predicted octanol–water partition coefficient (Wildman–Crippen LogP) is 4.91. The van der Waals surface area contributed by atoms with Crippen LogP contribution in [-0.4, -0.2) is 57.9 Å². The lowest BCUT2D eigenvalue weighted by atomic mass is 10.1. The molecule has 3 aromatic heterocycles. The Hall–Kier alpha value is -3.99. The maximum atomic E-state index is 13.5. The maximum absolute atomic E-state index is 13.5. The molecule has 2 fully saturated rings. The average molecular weight is 547 g/mol. The monoisotopic (exact) mass is 546 g/mol. The number of hydrogen-bond acceptors (Lipinski definition) is 7. The molecule has 0 aromatic carbocycles. The molecule has 11 heteroatoms. The third kappa shape index (κ3) is 4.71. The van der Waals surface area contributed by atoms with Gasteiger partial charge >= 0.3 is 6.03 Å². The Morgan fingerprint density at radius 1 is 1.21 bits per heavy atom. The summed E-state index contributed by atoms with van der Waals surface area (Å²) in [5.41, 5.74) is 2.59. The van der Waals surface area contributed by atoms with Gasteiger partial charge in [0.2, 0.25) is 11.8 Å². The molecule has 1 aliphatic carbocycles. The van der Waals surface area contributed by atoms with Gasteiger partial charge in [-0.25, -0.2) is 14.8 Å². The summed E-state index contributed by atoms with van der Waals surface area (Å²) in [6.45, 7) is 6.55. The number of piperidine rings is 1. The molecule has 1 saturated heterocycles. The number of carbonyl (C=O) groups is 3. The lowest BCUT2D eigenvalue weighted by Gasteiger charge is -2.32. The summed E-state index contributed by atoms with van der Waals surface area (Å²) in [6.07, 6.45) is 10.8. The molecule has 1 saturated carbocycles. The number of anilines is 3. The zero-order chi connectivity index (χ0) is 27.1. The number of nitrogens with zero attached hydrogens (tertiary/aromatic N) is 4. The fraction of sp³-hybridized carbons (Fsp3) is 0.393. The van der Waals surface area contributed by atoms with Crippen LogP contribution in [-0.2, 0) is 4.79 Å². The number of carbonyl (C=O) groups excluding carboxylic acids is 3. The second-order valence-corrected chi connectivity index (χ2v) is 11.2. The summed E-state index contributed by atoms with van der Waals surface area (Å²) < 4.78 is 6.05. The summed E-state index contributed by atoms with van der Waals surface area (Å²) in [7, 11) is 0. The van der Waals surface area contributed by atoms with Crippen molar-refractivity contribution >= 4 is 56.5 Å². The Bertz CT molecular complexity index is 1480. The molecule has 202 valence electrons. The van der Waals surface area contributed by atoms with Gasteiger partial charge in [-0.1, -0.05) is 6.58 Å². The van der Waals surface area contributed by atoms with Crippen molar-refractivity contribution in [2.75, 3.05) is 23.3 Å². The highest BCUT2D eigenvalue weighted by Gasteiger charge is 2.34. The Kier molecular flexibility index (Phi) is 6.68. The van der Waals surface area contributed by atoms with Crippen molar-refractivity contribution in [3.05, 3.63) is 47.6 Å². The number of nitrogens with one attached hydrogen (secondary N) is 2. The van der Waals surface area contributed by atoms with Crippen molar-refractivity contribution in [1.29, 1.82) is 0 Å². The molecule has 39 heavy (non-hydrogen) atoms. The zero-order valence-corrected chi connectivity index (χ0v) is 22.6. The molecule has 4 amide bonds. The normalized spacial score (nSPS) is 19.2. The number of pyridine rings is 2. The molecule has 1 atom stereocenters. The first kappa shape index (κ1) is 25.3. The Labute approximate surface area is 230 Å². The van der Waals surface area contributed by atoms with Crippen molar-refractivity contribution in [3.63, 3.8) is 0 Å². The fourth-order valence-corrected chi connectivity index (χ4v) is 6.68. The first-order valence-corrected chi connectivity index (χ1v) is 14.1. The lowest BCUT2D eigenvalue weighted by Crippen LogP contribution is -2.49. The third-order valence-corrected chi connectivity index (χ3v) is 8.68. The van der Waals surface area contributed by atoms with E-state index in [1.54, 1.807) is 28.3 Å². The lowest BCUT2D eigenvalue weighted by molar-refractivity contribution is -0.127. The Balaban J connectivity index is 1.28. The van der Waals surface area contributed by atoms with E-state index >= 15 is 0 Å². The summed E-state index contributed by atoms with van der Waals surface area (Å²) in [5, 5.41) is 6.70. The van der Waals surface area contributed by atoms with Crippen molar-refractivity contribution < 1.29 is 19.1 Å². The summed E-state index contributed by atoms with van der Waals surface area (Å²) in [4.78, 5) is 52.2. The van der Waals surface area contributed by atoms with Crippen molar-refractivity contribution in [3.8, 4) is 5.88 Å². The van der Waals surface area contributed by atoms with Crippen molar-refractivity contribution in [1.82, 2.24) is 20.2 Å². The largest absolute Gasteiger partial charge is 0.474 e. The molecule has 0 bridgehead atoms. The summed E-state index contributed by atoms with van der Waals surface area (Å²) in [6, 6.07) is 3.08. The first-order valence-electron chi connectivity index (χ1n) is 13.3. The van der Waals surface area contributed by atoms with Crippen LogP contribution in [0.4, 0.5) is 21.9 Å². The van der Waals surface area contributed by atoms with Crippen LogP contribution in [0.3, 0.4) is 0 Å². The number of hydrogen-bond donors (Lipinski definition) is 2. The van der Waals surface area contributed by atoms with Crippen LogP contribution in [0, 0.1) is 6.92 Å². The summed E-state index contributed by atoms with van der Waals surface area (Å²) >= 11 is 1.24. The molecule has 10 nitrogen and oxygen atoms in total. The summed E-state index contributed by atoms with van der Waals surface area (Å²) in [5.74, 6) is 0.124. The van der Waals surface area contributed by atoms with Crippen LogP contribution in [0.25, 0.3) is 10.2 Å². The number of urea groups is 1. The number of likely N-dealkylation sites (tertiary alicyclic amines) is 1. The van der Waals surface area contributed by atoms with Gasteiger partial charge in [-0.15, -0.1) is 11.3 Å². The minimum Gasteiger partial charge on any atom is -0.474 e. The SMILES string of the molecule is C=CC(=O)N1CCC[C@@H](NC(=O)c2sc3nccc4c3c2NC(=O)N4c2cnc(OC3CCCC3)cc2C)C1. The minimum absolute atomic E-state index is 0.144. The molecule has 2 aliphatic heterocycles. The van der Waals surface area contributed by atoms with Gasteiger partial charge in [0.15, 0.2) is 0 Å². The second-order valence-electron chi connectivity index (χ2n) is 10.2. The number of aromatic nitrogens is 2. The third-order valence-electron chi connectivity index (χ3n) is 7.58. The average Bonchev–Trinajstić information content (AvgIpc) is 3.58. The van der Waals surface area contributed by atoms with E-state index in [-0.39, 0.29) is 30.0 Å². The standard InChI is InChI=1S/C28H30N6O4S/c1-3-22(35)33-12-6-7-17(15-33)31-26(36)25-24-23-19(10-11-29-27(23)39-25)34(28(37)32-24)20-14-30-21(13-16(20)2)38-18-8-4-5-9-18/h3,10-11,13-14,17-18H,1,4-9,12,15H2,2H3,(H,31,36)(H,32,37)/t17-/m1/s1. The Morgan fingerprint density at radius 3 is 2.79 bits per heavy atom. The highest BCUT2D eigenvalue weighted by atomic mass is 32.1. The fourth-order valence-electron chi connectivity index (χ4n) is 5.66. The van der Waals surface area contributed by atoms with Crippen LogP contribution in [0.15, 0.2) is 37.2 Å². The van der Waals surface area contributed by atoms with E-state index in [0.29, 0.717) is 51.1 Å². The topological polar surface area (TPSA) is 117 Å². The van der Waals surface area contributed by atoms with Gasteiger partial charge < -0.3 is 20.3 Å². The van der Waals surface area contributed by atoms with E-state index < -0.39 is 0 Å². The minimum atomic E-state index is -0.378. The van der Waals surface area contributed by atoms with Gasteiger partial charge in [0.05, 0.1) is 28.6 Å². The van der Waals surface area contributed by atoms with Crippen molar-refractivity contribution in [2.24, 2.45) is 0 Å². The molecule has 5 heterocycles. The van der Waals surface area contributed by atoms with Crippen LogP contribution in [0.2, 0.25) is 0 Å². The van der Waals surface area contributed by atoms with Gasteiger partial charge in [-0.2, -0.15) is 0 Å². The van der Waals surface area contributed by atoms with E-state index in [0.717, 1.165) is 31.2 Å². The molecule has 0 radical (unpaired) electrons. The van der Waals surface area contributed by atoms with E-state index in [1.807, 2.05) is 13.0 Å². The van der Waals surface area contributed by atoms with E-state index in [9.17, 15) is 14.4 Å². The number of ether oxygens (including phenoxy) is 1.